The first-order valence-electron chi connectivity index (χ1n) is 6.40. The number of benzene rings is 1. The molecule has 3 rings (SSSR count). The van der Waals surface area contributed by atoms with Gasteiger partial charge in [-0.3, -0.25) is 0 Å². The largest absolute Gasteiger partial charge is 0.329 e. The van der Waals surface area contributed by atoms with Gasteiger partial charge < -0.3 is 9.55 Å². The van der Waals surface area contributed by atoms with E-state index in [-0.39, 0.29) is 5.41 Å². The van der Waals surface area contributed by atoms with Crippen LogP contribution in [0.4, 0.5) is 0 Å². The summed E-state index contributed by atoms with van der Waals surface area (Å²) in [4.78, 5) is 4.57. The molecular formula is C15H15ClN2S2. The Bertz CT molecular complexity index is 797. The van der Waals surface area contributed by atoms with E-state index in [1.807, 2.05) is 12.1 Å². The minimum Gasteiger partial charge on any atom is -0.329 e. The van der Waals surface area contributed by atoms with Crippen molar-refractivity contribution in [1.82, 2.24) is 9.55 Å². The Hall–Kier alpha value is -1.10. The lowest BCUT2D eigenvalue weighted by molar-refractivity contribution is 0.447. The highest BCUT2D eigenvalue weighted by molar-refractivity contribution is 7.71. The summed E-state index contributed by atoms with van der Waals surface area (Å²) in [6.07, 6.45) is 0. The summed E-state index contributed by atoms with van der Waals surface area (Å²) < 4.78 is 2.86. The van der Waals surface area contributed by atoms with Gasteiger partial charge >= 0.3 is 0 Å². The molecular weight excluding hydrogens is 308 g/mol. The normalized spacial score (nSPS) is 12.2. The Labute approximate surface area is 132 Å². The molecule has 0 aliphatic carbocycles. The number of H-pyrrole nitrogens is 1. The smallest absolute Gasteiger partial charge is 0.178 e. The Kier molecular flexibility index (Phi) is 3.48. The van der Waals surface area contributed by atoms with Crippen LogP contribution in [0, 0.1) is 4.77 Å². The molecule has 0 aliphatic heterocycles. The standard InChI is InChI=1S/C15H15ClN2S2/c1-15(2,12-7-4-8-20-12)9-18-11-6-3-5-10(16)13(11)17-14(18)19/h3-8H,9H2,1-2H3,(H,17,19). The summed E-state index contributed by atoms with van der Waals surface area (Å²) in [6.45, 7) is 5.31. The molecule has 104 valence electrons. The zero-order valence-corrected chi connectivity index (χ0v) is 13.7. The second kappa shape index (κ2) is 5.02. The van der Waals surface area contributed by atoms with Crippen molar-refractivity contribution < 1.29 is 0 Å². The van der Waals surface area contributed by atoms with Gasteiger partial charge in [0, 0.05) is 16.8 Å². The fraction of sp³-hybridized carbons (Fsp3) is 0.267. The van der Waals surface area contributed by atoms with Crippen molar-refractivity contribution in [1.29, 1.82) is 0 Å². The van der Waals surface area contributed by atoms with Crippen molar-refractivity contribution >= 4 is 46.2 Å². The van der Waals surface area contributed by atoms with E-state index < -0.39 is 0 Å². The summed E-state index contributed by atoms with van der Waals surface area (Å²) in [6, 6.07) is 10.2. The SMILES string of the molecule is CC(C)(Cn1c(=S)[nH]c2c(Cl)cccc21)c1cccs1. The molecule has 1 aromatic carbocycles. The maximum Gasteiger partial charge on any atom is 0.178 e. The van der Waals surface area contributed by atoms with Crippen LogP contribution in [0.25, 0.3) is 11.0 Å². The van der Waals surface area contributed by atoms with Crippen molar-refractivity contribution in [2.24, 2.45) is 0 Å². The van der Waals surface area contributed by atoms with E-state index >= 15 is 0 Å². The monoisotopic (exact) mass is 322 g/mol. The summed E-state index contributed by atoms with van der Waals surface area (Å²) in [5.41, 5.74) is 2.01. The molecule has 0 unspecified atom stereocenters. The minimum atomic E-state index is 0.0316. The van der Waals surface area contributed by atoms with Gasteiger partial charge in [0.15, 0.2) is 4.77 Å². The molecule has 0 aliphatic rings. The number of fused-ring (bicyclic) bond motifs is 1. The quantitative estimate of drug-likeness (QED) is 0.641. The van der Waals surface area contributed by atoms with Gasteiger partial charge in [-0.15, -0.1) is 11.3 Å². The molecule has 0 radical (unpaired) electrons. The third kappa shape index (κ3) is 2.32. The zero-order chi connectivity index (χ0) is 14.3. The number of halogens is 1. The molecule has 3 aromatic rings. The average Bonchev–Trinajstić information content (AvgIpc) is 3.01. The van der Waals surface area contributed by atoms with Crippen LogP contribution in [-0.2, 0) is 12.0 Å². The molecule has 0 atom stereocenters. The molecule has 2 aromatic heterocycles. The molecule has 2 heterocycles. The van der Waals surface area contributed by atoms with Gasteiger partial charge in [-0.25, -0.2) is 0 Å². The van der Waals surface area contributed by atoms with Gasteiger partial charge in [-0.1, -0.05) is 37.6 Å². The van der Waals surface area contributed by atoms with Crippen LogP contribution < -0.4 is 0 Å². The average molecular weight is 323 g/mol. The van der Waals surface area contributed by atoms with Crippen LogP contribution in [0.5, 0.6) is 0 Å². The Morgan fingerprint density at radius 1 is 1.30 bits per heavy atom. The first-order valence-corrected chi connectivity index (χ1v) is 8.07. The number of thiophene rings is 1. The molecule has 20 heavy (non-hydrogen) atoms. The summed E-state index contributed by atoms with van der Waals surface area (Å²) in [5.74, 6) is 0. The number of nitrogens with one attached hydrogen (secondary N) is 1. The van der Waals surface area contributed by atoms with E-state index in [2.05, 4.69) is 47.0 Å². The number of rotatable bonds is 3. The van der Waals surface area contributed by atoms with Gasteiger partial charge in [-0.05, 0) is 35.8 Å². The van der Waals surface area contributed by atoms with E-state index in [4.69, 9.17) is 23.8 Å². The van der Waals surface area contributed by atoms with E-state index in [0.29, 0.717) is 5.02 Å². The number of aromatic nitrogens is 2. The molecule has 2 nitrogen and oxygen atoms in total. The first-order chi connectivity index (χ1) is 9.49. The lowest BCUT2D eigenvalue weighted by Crippen LogP contribution is -2.23. The lowest BCUT2D eigenvalue weighted by atomic mass is 9.91. The molecule has 0 fully saturated rings. The van der Waals surface area contributed by atoms with Gasteiger partial charge in [0.05, 0.1) is 16.1 Å². The number of hydrogen-bond acceptors (Lipinski definition) is 2. The Balaban J connectivity index is 2.10. The maximum atomic E-state index is 6.22. The topological polar surface area (TPSA) is 20.7 Å². The fourth-order valence-electron chi connectivity index (χ4n) is 2.44. The Morgan fingerprint density at radius 3 is 2.80 bits per heavy atom. The van der Waals surface area contributed by atoms with Crippen molar-refractivity contribution in [2.75, 3.05) is 0 Å². The molecule has 0 bridgehead atoms. The highest BCUT2D eigenvalue weighted by Gasteiger charge is 2.24. The molecule has 1 N–H and O–H groups in total. The van der Waals surface area contributed by atoms with Crippen LogP contribution in [0.1, 0.15) is 18.7 Å². The maximum absolute atomic E-state index is 6.22. The zero-order valence-electron chi connectivity index (χ0n) is 11.3. The molecule has 0 saturated carbocycles. The predicted molar refractivity (Wildman–Crippen MR) is 89.5 cm³/mol. The van der Waals surface area contributed by atoms with Crippen LogP contribution in [0.3, 0.4) is 0 Å². The van der Waals surface area contributed by atoms with Crippen LogP contribution in [0.15, 0.2) is 35.7 Å². The number of imidazole rings is 1. The number of aromatic amines is 1. The fourth-order valence-corrected chi connectivity index (χ4v) is 3.77. The van der Waals surface area contributed by atoms with Gasteiger partial charge in [0.25, 0.3) is 0 Å². The third-order valence-corrected chi connectivity index (χ3v) is 5.37. The van der Waals surface area contributed by atoms with Gasteiger partial charge in [0.2, 0.25) is 0 Å². The first kappa shape index (κ1) is 13.9. The van der Waals surface area contributed by atoms with E-state index in [0.717, 1.165) is 22.3 Å². The second-order valence-corrected chi connectivity index (χ2v) is 7.25. The van der Waals surface area contributed by atoms with Gasteiger partial charge in [-0.2, -0.15) is 0 Å². The molecule has 0 amide bonds. The van der Waals surface area contributed by atoms with Crippen LogP contribution >= 0.6 is 35.2 Å². The van der Waals surface area contributed by atoms with E-state index in [9.17, 15) is 0 Å². The molecule has 0 saturated heterocycles. The van der Waals surface area contributed by atoms with Gasteiger partial charge in [0.1, 0.15) is 0 Å². The molecule has 5 heteroatoms. The number of para-hydroxylation sites is 1. The number of hydrogen-bond donors (Lipinski definition) is 1. The highest BCUT2D eigenvalue weighted by atomic mass is 35.5. The number of nitrogens with zero attached hydrogens (tertiary/aromatic N) is 1. The highest BCUT2D eigenvalue weighted by Crippen LogP contribution is 2.31. The molecule has 0 spiro atoms. The summed E-state index contributed by atoms with van der Waals surface area (Å²) >= 11 is 13.5. The predicted octanol–water partition coefficient (Wildman–Crippen LogP) is 5.39. The van der Waals surface area contributed by atoms with Crippen molar-refractivity contribution in [3.8, 4) is 0 Å². The van der Waals surface area contributed by atoms with Crippen LogP contribution in [-0.4, -0.2) is 9.55 Å². The summed E-state index contributed by atoms with van der Waals surface area (Å²) in [5, 5.41) is 2.82. The van der Waals surface area contributed by atoms with E-state index in [1.54, 1.807) is 11.3 Å². The lowest BCUT2D eigenvalue weighted by Gasteiger charge is -2.24. The van der Waals surface area contributed by atoms with Crippen molar-refractivity contribution in [3.05, 3.63) is 50.4 Å². The Morgan fingerprint density at radius 2 is 2.10 bits per heavy atom. The van der Waals surface area contributed by atoms with Crippen molar-refractivity contribution in [3.63, 3.8) is 0 Å². The van der Waals surface area contributed by atoms with E-state index in [1.165, 1.54) is 4.88 Å². The van der Waals surface area contributed by atoms with Crippen LogP contribution in [0.2, 0.25) is 5.02 Å². The third-order valence-electron chi connectivity index (χ3n) is 3.50. The van der Waals surface area contributed by atoms with Crippen molar-refractivity contribution in [2.45, 2.75) is 25.8 Å². The second-order valence-electron chi connectivity index (χ2n) is 5.51. The minimum absolute atomic E-state index is 0.0316. The summed E-state index contributed by atoms with van der Waals surface area (Å²) in [7, 11) is 0.